The standard InChI is InChI=1S/C41H28ClNOS/c1-41(2)34-18-17-30(24-33(34)32-20-26-11-6-7-12-27(26)21-35(32)41)43(29-13-4-3-5-14-29)36-22-28(42)23-38-39(36)44-37-19-16-25-10-8-9-15-31(25)40(37)45-38/h3-24H,1-2H3. The highest BCUT2D eigenvalue weighted by Gasteiger charge is 2.36. The Morgan fingerprint density at radius 2 is 1.33 bits per heavy atom. The second-order valence-electron chi connectivity index (χ2n) is 12.3. The second-order valence-corrected chi connectivity index (χ2v) is 13.8. The molecule has 0 bridgehead atoms. The van der Waals surface area contributed by atoms with E-state index in [1.807, 2.05) is 12.1 Å². The highest BCUT2D eigenvalue weighted by molar-refractivity contribution is 7.99. The monoisotopic (exact) mass is 617 g/mol. The van der Waals surface area contributed by atoms with Crippen LogP contribution in [0.4, 0.5) is 17.1 Å². The number of para-hydroxylation sites is 1. The highest BCUT2D eigenvalue weighted by Crippen LogP contribution is 2.57. The molecule has 7 aromatic carbocycles. The molecule has 0 saturated carbocycles. The van der Waals surface area contributed by atoms with Gasteiger partial charge in [-0.15, -0.1) is 0 Å². The Balaban J connectivity index is 1.24. The van der Waals surface area contributed by atoms with Gasteiger partial charge in [-0.05, 0) is 98.4 Å². The molecule has 1 aliphatic carbocycles. The molecule has 0 amide bonds. The first-order valence-electron chi connectivity index (χ1n) is 15.2. The van der Waals surface area contributed by atoms with E-state index in [2.05, 4.69) is 140 Å². The molecule has 0 spiro atoms. The van der Waals surface area contributed by atoms with Gasteiger partial charge < -0.3 is 9.64 Å². The number of ether oxygens (including phenoxy) is 1. The fourth-order valence-electron chi connectivity index (χ4n) is 7.10. The summed E-state index contributed by atoms with van der Waals surface area (Å²) in [5, 5.41) is 5.57. The van der Waals surface area contributed by atoms with Gasteiger partial charge in [0.1, 0.15) is 5.75 Å². The van der Waals surface area contributed by atoms with Gasteiger partial charge in [0.2, 0.25) is 0 Å². The first kappa shape index (κ1) is 26.7. The minimum Gasteiger partial charge on any atom is -0.453 e. The van der Waals surface area contributed by atoms with Crippen molar-refractivity contribution in [1.82, 2.24) is 0 Å². The van der Waals surface area contributed by atoms with Crippen molar-refractivity contribution in [2.45, 2.75) is 29.1 Å². The maximum atomic E-state index is 6.90. The van der Waals surface area contributed by atoms with Gasteiger partial charge >= 0.3 is 0 Å². The predicted octanol–water partition coefficient (Wildman–Crippen LogP) is 12.7. The molecule has 0 fully saturated rings. The number of nitrogens with zero attached hydrogens (tertiary/aromatic N) is 1. The summed E-state index contributed by atoms with van der Waals surface area (Å²) in [6.45, 7) is 4.67. The van der Waals surface area contributed by atoms with Crippen LogP contribution in [0.2, 0.25) is 5.02 Å². The van der Waals surface area contributed by atoms with E-state index in [9.17, 15) is 0 Å². The van der Waals surface area contributed by atoms with Gasteiger partial charge in [0.25, 0.3) is 0 Å². The molecule has 0 radical (unpaired) electrons. The summed E-state index contributed by atoms with van der Waals surface area (Å²) in [5.74, 6) is 1.67. The Labute approximate surface area is 271 Å². The number of fused-ring (bicyclic) bond motifs is 8. The van der Waals surface area contributed by atoms with Crippen molar-refractivity contribution < 1.29 is 4.74 Å². The summed E-state index contributed by atoms with van der Waals surface area (Å²) in [5.41, 5.74) is 8.16. The molecule has 45 heavy (non-hydrogen) atoms. The number of hydrogen-bond donors (Lipinski definition) is 0. The smallest absolute Gasteiger partial charge is 0.165 e. The Kier molecular flexibility index (Phi) is 5.87. The van der Waals surface area contributed by atoms with Crippen LogP contribution in [-0.4, -0.2) is 0 Å². The molecular weight excluding hydrogens is 590 g/mol. The Morgan fingerprint density at radius 3 is 2.16 bits per heavy atom. The van der Waals surface area contributed by atoms with Crippen LogP contribution in [0.3, 0.4) is 0 Å². The van der Waals surface area contributed by atoms with E-state index in [1.54, 1.807) is 11.8 Å². The third-order valence-electron chi connectivity index (χ3n) is 9.31. The predicted molar refractivity (Wildman–Crippen MR) is 189 cm³/mol. The highest BCUT2D eigenvalue weighted by atomic mass is 35.5. The lowest BCUT2D eigenvalue weighted by molar-refractivity contribution is 0.457. The van der Waals surface area contributed by atoms with Gasteiger partial charge in [-0.25, -0.2) is 0 Å². The summed E-state index contributed by atoms with van der Waals surface area (Å²) in [7, 11) is 0. The fourth-order valence-corrected chi connectivity index (χ4v) is 8.52. The van der Waals surface area contributed by atoms with Gasteiger partial charge in [0.05, 0.1) is 15.5 Å². The molecule has 9 rings (SSSR count). The Hall–Kier alpha value is -4.70. The minimum atomic E-state index is -0.105. The zero-order chi connectivity index (χ0) is 30.3. The molecule has 1 aliphatic heterocycles. The average molecular weight is 618 g/mol. The number of anilines is 3. The van der Waals surface area contributed by atoms with E-state index in [4.69, 9.17) is 16.3 Å². The second kappa shape index (κ2) is 9.90. The zero-order valence-electron chi connectivity index (χ0n) is 24.8. The van der Waals surface area contributed by atoms with Gasteiger partial charge in [0, 0.05) is 21.8 Å². The largest absolute Gasteiger partial charge is 0.453 e. The fraction of sp³-hybridized carbons (Fsp3) is 0.0732. The van der Waals surface area contributed by atoms with Crippen LogP contribution in [0.5, 0.6) is 11.5 Å². The van der Waals surface area contributed by atoms with Crippen molar-refractivity contribution in [2.75, 3.05) is 4.90 Å². The molecule has 0 saturated heterocycles. The number of halogens is 1. The molecular formula is C41H28ClNOS. The van der Waals surface area contributed by atoms with Crippen LogP contribution in [0.25, 0.3) is 32.7 Å². The first-order chi connectivity index (χ1) is 22.0. The quantitative estimate of drug-likeness (QED) is 0.196. The molecule has 0 atom stereocenters. The molecule has 0 aromatic heterocycles. The van der Waals surface area contributed by atoms with Crippen molar-refractivity contribution >= 4 is 62.0 Å². The third-order valence-corrected chi connectivity index (χ3v) is 10.7. The molecule has 2 aliphatic rings. The lowest BCUT2D eigenvalue weighted by atomic mass is 9.82. The minimum absolute atomic E-state index is 0.105. The van der Waals surface area contributed by atoms with Crippen molar-refractivity contribution in [3.63, 3.8) is 0 Å². The van der Waals surface area contributed by atoms with Gasteiger partial charge in [-0.2, -0.15) is 0 Å². The molecule has 216 valence electrons. The normalized spacial score (nSPS) is 13.9. The first-order valence-corrected chi connectivity index (χ1v) is 16.4. The van der Waals surface area contributed by atoms with Crippen molar-refractivity contribution in [3.8, 4) is 22.6 Å². The molecule has 1 heterocycles. The van der Waals surface area contributed by atoms with E-state index >= 15 is 0 Å². The Morgan fingerprint density at radius 1 is 0.622 bits per heavy atom. The number of rotatable bonds is 3. The molecule has 4 heteroatoms. The molecule has 7 aromatic rings. The third kappa shape index (κ3) is 4.11. The summed E-state index contributed by atoms with van der Waals surface area (Å²) in [6.07, 6.45) is 0. The van der Waals surface area contributed by atoms with Crippen LogP contribution in [-0.2, 0) is 5.41 Å². The van der Waals surface area contributed by atoms with Crippen molar-refractivity contribution in [2.24, 2.45) is 0 Å². The summed E-state index contributed by atoms with van der Waals surface area (Å²) >= 11 is 8.63. The maximum absolute atomic E-state index is 6.90. The van der Waals surface area contributed by atoms with Crippen LogP contribution in [0, 0.1) is 0 Å². The number of benzene rings is 7. The van der Waals surface area contributed by atoms with E-state index in [1.165, 1.54) is 43.8 Å². The van der Waals surface area contributed by atoms with Crippen molar-refractivity contribution in [1.29, 1.82) is 0 Å². The van der Waals surface area contributed by atoms with Crippen molar-refractivity contribution in [3.05, 3.63) is 150 Å². The molecule has 2 nitrogen and oxygen atoms in total. The van der Waals surface area contributed by atoms with E-state index in [-0.39, 0.29) is 5.41 Å². The maximum Gasteiger partial charge on any atom is 0.165 e. The Bertz CT molecular complexity index is 2330. The van der Waals surface area contributed by atoms with Gasteiger partial charge in [-0.3, -0.25) is 0 Å². The summed E-state index contributed by atoms with van der Waals surface area (Å²) in [4.78, 5) is 4.40. The zero-order valence-corrected chi connectivity index (χ0v) is 26.4. The molecule has 0 N–H and O–H groups in total. The summed E-state index contributed by atoms with van der Waals surface area (Å²) in [6, 6.07) is 47.5. The lowest BCUT2D eigenvalue weighted by Crippen LogP contribution is -2.16. The topological polar surface area (TPSA) is 12.5 Å². The van der Waals surface area contributed by atoms with Crippen LogP contribution in [0.1, 0.15) is 25.0 Å². The summed E-state index contributed by atoms with van der Waals surface area (Å²) < 4.78 is 6.80. The lowest BCUT2D eigenvalue weighted by Gasteiger charge is -2.31. The van der Waals surface area contributed by atoms with E-state index < -0.39 is 0 Å². The molecule has 0 unspecified atom stereocenters. The van der Waals surface area contributed by atoms with Crippen LogP contribution < -0.4 is 9.64 Å². The van der Waals surface area contributed by atoms with Gasteiger partial charge in [-0.1, -0.05) is 116 Å². The van der Waals surface area contributed by atoms with Gasteiger partial charge in [0.15, 0.2) is 5.75 Å². The number of hydrogen-bond acceptors (Lipinski definition) is 3. The SMILES string of the molecule is CC1(C)c2ccc(N(c3ccccc3)c3cc(Cl)cc4c3Oc3ccc5ccccc5c3S4)cc2-c2cc3ccccc3cc21. The van der Waals surface area contributed by atoms with E-state index in [0.29, 0.717) is 5.02 Å². The van der Waals surface area contributed by atoms with Crippen LogP contribution in [0.15, 0.2) is 143 Å². The average Bonchev–Trinajstić information content (AvgIpc) is 3.28. The van der Waals surface area contributed by atoms with Crippen LogP contribution >= 0.6 is 23.4 Å². The van der Waals surface area contributed by atoms with E-state index in [0.717, 1.165) is 38.4 Å².